The van der Waals surface area contributed by atoms with Gasteiger partial charge < -0.3 is 14.6 Å². The molecule has 2 aromatic rings. The first-order valence-electron chi connectivity index (χ1n) is 6.78. The number of ether oxygens (including phenoxy) is 2. The molecule has 0 fully saturated rings. The molecule has 0 saturated carbocycles. The van der Waals surface area contributed by atoms with E-state index in [1.807, 2.05) is 48.5 Å². The van der Waals surface area contributed by atoms with E-state index >= 15 is 0 Å². The predicted octanol–water partition coefficient (Wildman–Crippen LogP) is 2.50. The lowest BCUT2D eigenvalue weighted by Gasteiger charge is -2.29. The van der Waals surface area contributed by atoms with E-state index in [0.29, 0.717) is 6.61 Å². The van der Waals surface area contributed by atoms with Gasteiger partial charge in [-0.2, -0.15) is 0 Å². The van der Waals surface area contributed by atoms with Crippen molar-refractivity contribution in [1.29, 1.82) is 0 Å². The Morgan fingerprint density at radius 1 is 1.15 bits per heavy atom. The summed E-state index contributed by atoms with van der Waals surface area (Å²) >= 11 is 0. The van der Waals surface area contributed by atoms with Crippen LogP contribution in [0.15, 0.2) is 48.5 Å². The number of para-hydroxylation sites is 1. The van der Waals surface area contributed by atoms with Gasteiger partial charge in [0.15, 0.2) is 0 Å². The fraction of sp³-hybridized carbons (Fsp3) is 0.294. The standard InChI is InChI=1S/C17H18O3/c1-19-12-17(18,14-7-3-2-4-8-14)15-9-5-6-13-10-11-20-16(13)15/h2-9,18H,10-12H2,1H3. The molecule has 0 spiro atoms. The zero-order valence-electron chi connectivity index (χ0n) is 11.5. The second-order valence-corrected chi connectivity index (χ2v) is 5.05. The van der Waals surface area contributed by atoms with Crippen molar-refractivity contribution in [3.63, 3.8) is 0 Å². The number of hydrogen-bond acceptors (Lipinski definition) is 3. The van der Waals surface area contributed by atoms with Crippen LogP contribution in [0.5, 0.6) is 5.75 Å². The number of aliphatic hydroxyl groups is 1. The van der Waals surface area contributed by atoms with Gasteiger partial charge >= 0.3 is 0 Å². The monoisotopic (exact) mass is 270 g/mol. The highest BCUT2D eigenvalue weighted by Crippen LogP contribution is 2.40. The second kappa shape index (κ2) is 5.27. The number of methoxy groups -OCH3 is 1. The maximum atomic E-state index is 11.2. The number of benzene rings is 2. The molecule has 1 N–H and O–H groups in total. The first kappa shape index (κ1) is 13.2. The summed E-state index contributed by atoms with van der Waals surface area (Å²) in [7, 11) is 1.60. The van der Waals surface area contributed by atoms with Crippen LogP contribution in [-0.2, 0) is 16.8 Å². The molecule has 0 saturated heterocycles. The summed E-state index contributed by atoms with van der Waals surface area (Å²) in [4.78, 5) is 0. The van der Waals surface area contributed by atoms with Crippen molar-refractivity contribution in [3.8, 4) is 5.75 Å². The molecule has 0 bridgehead atoms. The Morgan fingerprint density at radius 3 is 2.70 bits per heavy atom. The minimum atomic E-state index is -1.19. The summed E-state index contributed by atoms with van der Waals surface area (Å²) in [6.45, 7) is 0.862. The molecule has 1 unspecified atom stereocenters. The lowest BCUT2D eigenvalue weighted by molar-refractivity contribution is -0.00480. The van der Waals surface area contributed by atoms with Crippen LogP contribution in [0.4, 0.5) is 0 Å². The fourth-order valence-corrected chi connectivity index (χ4v) is 2.78. The molecule has 1 heterocycles. The van der Waals surface area contributed by atoms with E-state index in [-0.39, 0.29) is 6.61 Å². The lowest BCUT2D eigenvalue weighted by atomic mass is 9.85. The normalized spacial score (nSPS) is 16.3. The van der Waals surface area contributed by atoms with Crippen molar-refractivity contribution in [1.82, 2.24) is 0 Å². The van der Waals surface area contributed by atoms with Gasteiger partial charge in [0.05, 0.1) is 13.2 Å². The van der Waals surface area contributed by atoms with E-state index in [0.717, 1.165) is 28.9 Å². The predicted molar refractivity (Wildman–Crippen MR) is 77.0 cm³/mol. The van der Waals surface area contributed by atoms with E-state index in [9.17, 15) is 5.11 Å². The van der Waals surface area contributed by atoms with Gasteiger partial charge in [-0.3, -0.25) is 0 Å². The molecule has 0 aliphatic carbocycles. The van der Waals surface area contributed by atoms with Crippen molar-refractivity contribution in [3.05, 3.63) is 65.2 Å². The van der Waals surface area contributed by atoms with E-state index < -0.39 is 5.60 Å². The molecule has 3 heteroatoms. The highest BCUT2D eigenvalue weighted by atomic mass is 16.5. The Hall–Kier alpha value is -1.84. The topological polar surface area (TPSA) is 38.7 Å². The summed E-state index contributed by atoms with van der Waals surface area (Å²) < 4.78 is 11.0. The number of hydrogen-bond donors (Lipinski definition) is 1. The molecule has 1 atom stereocenters. The third-order valence-electron chi connectivity index (χ3n) is 3.76. The Bertz CT molecular complexity index is 594. The van der Waals surface area contributed by atoms with Crippen LogP contribution in [-0.4, -0.2) is 25.4 Å². The van der Waals surface area contributed by atoms with E-state index in [1.54, 1.807) is 7.11 Å². The fourth-order valence-electron chi connectivity index (χ4n) is 2.78. The van der Waals surface area contributed by atoms with Crippen LogP contribution in [0.2, 0.25) is 0 Å². The van der Waals surface area contributed by atoms with Crippen LogP contribution >= 0.6 is 0 Å². The average molecular weight is 270 g/mol. The van der Waals surface area contributed by atoms with Crippen LogP contribution in [0.1, 0.15) is 16.7 Å². The smallest absolute Gasteiger partial charge is 0.141 e. The zero-order valence-corrected chi connectivity index (χ0v) is 11.5. The zero-order chi connectivity index (χ0) is 14.0. The number of rotatable bonds is 4. The van der Waals surface area contributed by atoms with Crippen LogP contribution in [0, 0.1) is 0 Å². The third kappa shape index (κ3) is 2.09. The van der Waals surface area contributed by atoms with Gasteiger partial charge in [-0.1, -0.05) is 48.5 Å². The van der Waals surface area contributed by atoms with Crippen LogP contribution in [0.25, 0.3) is 0 Å². The third-order valence-corrected chi connectivity index (χ3v) is 3.76. The molecule has 2 aromatic carbocycles. The van der Waals surface area contributed by atoms with Crippen molar-refractivity contribution in [2.45, 2.75) is 12.0 Å². The maximum absolute atomic E-state index is 11.2. The Labute approximate surface area is 118 Å². The minimum absolute atomic E-state index is 0.191. The molecular formula is C17H18O3. The van der Waals surface area contributed by atoms with Crippen molar-refractivity contribution < 1.29 is 14.6 Å². The quantitative estimate of drug-likeness (QED) is 0.927. The van der Waals surface area contributed by atoms with Gasteiger partial charge in [0.25, 0.3) is 0 Å². The molecule has 1 aliphatic heterocycles. The van der Waals surface area contributed by atoms with Crippen molar-refractivity contribution >= 4 is 0 Å². The molecule has 1 aliphatic rings. The first-order valence-corrected chi connectivity index (χ1v) is 6.78. The highest BCUT2D eigenvalue weighted by molar-refractivity contribution is 5.50. The molecule has 0 amide bonds. The van der Waals surface area contributed by atoms with Crippen molar-refractivity contribution in [2.24, 2.45) is 0 Å². The molecule has 0 radical (unpaired) electrons. The summed E-state index contributed by atoms with van der Waals surface area (Å²) in [6.07, 6.45) is 0.890. The largest absolute Gasteiger partial charge is 0.493 e. The van der Waals surface area contributed by atoms with E-state index in [2.05, 4.69) is 0 Å². The molecular weight excluding hydrogens is 252 g/mol. The summed E-state index contributed by atoms with van der Waals surface area (Å²) in [5, 5.41) is 11.2. The Kier molecular flexibility index (Phi) is 3.47. The van der Waals surface area contributed by atoms with Gasteiger partial charge in [0, 0.05) is 19.1 Å². The average Bonchev–Trinajstić information content (AvgIpc) is 2.96. The summed E-state index contributed by atoms with van der Waals surface area (Å²) in [5.74, 6) is 0.802. The van der Waals surface area contributed by atoms with Gasteiger partial charge in [-0.25, -0.2) is 0 Å². The Balaban J connectivity index is 2.14. The van der Waals surface area contributed by atoms with Crippen molar-refractivity contribution in [2.75, 3.05) is 20.3 Å². The summed E-state index contributed by atoms with van der Waals surface area (Å²) in [6, 6.07) is 15.5. The lowest BCUT2D eigenvalue weighted by Crippen LogP contribution is -2.33. The van der Waals surface area contributed by atoms with Gasteiger partial charge in [-0.05, 0) is 11.1 Å². The van der Waals surface area contributed by atoms with Crippen LogP contribution in [0.3, 0.4) is 0 Å². The Morgan fingerprint density at radius 2 is 1.95 bits per heavy atom. The molecule has 3 rings (SSSR count). The number of fused-ring (bicyclic) bond motifs is 1. The van der Waals surface area contributed by atoms with Crippen LogP contribution < -0.4 is 4.74 Å². The highest BCUT2D eigenvalue weighted by Gasteiger charge is 2.36. The first-order chi connectivity index (χ1) is 9.75. The van der Waals surface area contributed by atoms with Gasteiger partial charge in [0.2, 0.25) is 0 Å². The maximum Gasteiger partial charge on any atom is 0.141 e. The molecule has 0 aromatic heterocycles. The summed E-state index contributed by atoms with van der Waals surface area (Å²) in [5.41, 5.74) is 1.55. The van der Waals surface area contributed by atoms with E-state index in [4.69, 9.17) is 9.47 Å². The molecule has 3 nitrogen and oxygen atoms in total. The second-order valence-electron chi connectivity index (χ2n) is 5.05. The van der Waals surface area contributed by atoms with Gasteiger partial charge in [-0.15, -0.1) is 0 Å². The SMILES string of the molecule is COCC(O)(c1ccccc1)c1cccc2c1OCC2. The van der Waals surface area contributed by atoms with E-state index in [1.165, 1.54) is 0 Å². The minimum Gasteiger partial charge on any atom is -0.493 e. The molecule has 20 heavy (non-hydrogen) atoms. The van der Waals surface area contributed by atoms with Gasteiger partial charge in [0.1, 0.15) is 11.4 Å². The molecule has 104 valence electrons.